The first kappa shape index (κ1) is 13.3. The molecule has 1 aliphatic rings. The molecule has 3 rings (SSSR count). The molecule has 0 saturated carbocycles. The van der Waals surface area contributed by atoms with Crippen LogP contribution in [0.15, 0.2) is 42.5 Å². The first-order chi connectivity index (χ1) is 9.70. The highest BCUT2D eigenvalue weighted by atomic mass is 19.1. The van der Waals surface area contributed by atoms with Gasteiger partial charge in [-0.2, -0.15) is 0 Å². The van der Waals surface area contributed by atoms with Gasteiger partial charge in [-0.05, 0) is 66.5 Å². The summed E-state index contributed by atoms with van der Waals surface area (Å²) in [6, 6.07) is 12.9. The lowest BCUT2D eigenvalue weighted by molar-refractivity contribution is 0.175. The summed E-state index contributed by atoms with van der Waals surface area (Å²) in [5.74, 6) is -0.234. The fraction of sp³-hybridized carbons (Fsp3) is 0.333. The summed E-state index contributed by atoms with van der Waals surface area (Å²) in [5.41, 5.74) is 5.07. The molecule has 0 aromatic heterocycles. The Morgan fingerprint density at radius 1 is 0.900 bits per heavy atom. The van der Waals surface area contributed by atoms with Crippen LogP contribution in [0, 0.1) is 5.82 Å². The third kappa shape index (κ3) is 3.07. The zero-order chi connectivity index (χ0) is 13.9. The van der Waals surface area contributed by atoms with E-state index in [1.165, 1.54) is 41.7 Å². The summed E-state index contributed by atoms with van der Waals surface area (Å²) in [5, 5.41) is 10.2. The summed E-state index contributed by atoms with van der Waals surface area (Å²) in [4.78, 5) is 0. The maximum Gasteiger partial charge on any atom is 0.123 e. The fourth-order valence-electron chi connectivity index (χ4n) is 2.99. The highest BCUT2D eigenvalue weighted by molar-refractivity contribution is 5.35. The Morgan fingerprint density at radius 3 is 2.35 bits per heavy atom. The Morgan fingerprint density at radius 2 is 1.55 bits per heavy atom. The second-order valence-corrected chi connectivity index (χ2v) is 5.65. The van der Waals surface area contributed by atoms with Gasteiger partial charge in [0, 0.05) is 0 Å². The number of aliphatic hydroxyl groups excluding tert-OH is 1. The van der Waals surface area contributed by atoms with Crippen LogP contribution in [0.4, 0.5) is 4.39 Å². The van der Waals surface area contributed by atoms with Crippen molar-refractivity contribution in [2.24, 2.45) is 0 Å². The molecule has 0 saturated heterocycles. The third-order valence-corrected chi connectivity index (χ3v) is 4.02. The Labute approximate surface area is 119 Å². The summed E-state index contributed by atoms with van der Waals surface area (Å²) >= 11 is 0. The van der Waals surface area contributed by atoms with Crippen molar-refractivity contribution in [2.75, 3.05) is 0 Å². The molecule has 0 heterocycles. The maximum atomic E-state index is 12.8. The van der Waals surface area contributed by atoms with Gasteiger partial charge in [0.25, 0.3) is 0 Å². The van der Waals surface area contributed by atoms with Crippen molar-refractivity contribution in [3.8, 4) is 0 Å². The number of rotatable bonds is 4. The van der Waals surface area contributed by atoms with Crippen molar-refractivity contribution >= 4 is 0 Å². The molecule has 0 fully saturated rings. The van der Waals surface area contributed by atoms with Crippen LogP contribution in [0.25, 0.3) is 0 Å². The van der Waals surface area contributed by atoms with E-state index >= 15 is 0 Å². The highest BCUT2D eigenvalue weighted by Gasteiger charge is 2.13. The standard InChI is InChI=1S/C18H19FO/c19-17-8-5-13(6-9-17)11-18(20)12-14-4-7-15-2-1-3-16(15)10-14/h4-10,18,20H,1-3,11-12H2. The number of hydrogen-bond donors (Lipinski definition) is 1. The molecule has 1 aliphatic carbocycles. The van der Waals surface area contributed by atoms with Crippen molar-refractivity contribution < 1.29 is 9.50 Å². The van der Waals surface area contributed by atoms with Gasteiger partial charge in [-0.3, -0.25) is 0 Å². The topological polar surface area (TPSA) is 20.2 Å². The molecular formula is C18H19FO. The van der Waals surface area contributed by atoms with E-state index in [1.807, 2.05) is 0 Å². The van der Waals surface area contributed by atoms with Crippen LogP contribution in [0.3, 0.4) is 0 Å². The molecule has 2 aromatic rings. The van der Waals surface area contributed by atoms with E-state index in [2.05, 4.69) is 18.2 Å². The highest BCUT2D eigenvalue weighted by Crippen LogP contribution is 2.23. The molecular weight excluding hydrogens is 251 g/mol. The molecule has 1 N–H and O–H groups in total. The minimum absolute atomic E-state index is 0.234. The monoisotopic (exact) mass is 270 g/mol. The number of aryl methyl sites for hydroxylation is 2. The Bertz CT molecular complexity index is 589. The van der Waals surface area contributed by atoms with E-state index in [0.717, 1.165) is 12.0 Å². The van der Waals surface area contributed by atoms with Gasteiger partial charge >= 0.3 is 0 Å². The smallest absolute Gasteiger partial charge is 0.123 e. The van der Waals surface area contributed by atoms with E-state index in [1.54, 1.807) is 12.1 Å². The molecule has 1 atom stereocenters. The number of hydrogen-bond acceptors (Lipinski definition) is 1. The van der Waals surface area contributed by atoms with Crippen molar-refractivity contribution in [2.45, 2.75) is 38.2 Å². The first-order valence-corrected chi connectivity index (χ1v) is 7.24. The molecule has 0 amide bonds. The molecule has 2 aromatic carbocycles. The van der Waals surface area contributed by atoms with Gasteiger partial charge < -0.3 is 5.11 Å². The summed E-state index contributed by atoms with van der Waals surface area (Å²) < 4.78 is 12.8. The normalized spacial score (nSPS) is 15.1. The molecule has 1 unspecified atom stereocenters. The number of fused-ring (bicyclic) bond motifs is 1. The van der Waals surface area contributed by atoms with Crippen LogP contribution in [0.5, 0.6) is 0 Å². The average Bonchev–Trinajstić information content (AvgIpc) is 2.89. The van der Waals surface area contributed by atoms with E-state index in [0.29, 0.717) is 12.8 Å². The summed E-state index contributed by atoms with van der Waals surface area (Å²) in [6.45, 7) is 0. The van der Waals surface area contributed by atoms with Gasteiger partial charge in [-0.25, -0.2) is 4.39 Å². The third-order valence-electron chi connectivity index (χ3n) is 4.02. The predicted molar refractivity (Wildman–Crippen MR) is 78.3 cm³/mol. The van der Waals surface area contributed by atoms with Crippen molar-refractivity contribution in [3.63, 3.8) is 0 Å². The average molecular weight is 270 g/mol. The van der Waals surface area contributed by atoms with Gasteiger partial charge in [0.05, 0.1) is 6.10 Å². The Hall–Kier alpha value is -1.67. The van der Waals surface area contributed by atoms with Crippen LogP contribution < -0.4 is 0 Å². The molecule has 0 radical (unpaired) electrons. The van der Waals surface area contributed by atoms with E-state index < -0.39 is 6.10 Å². The van der Waals surface area contributed by atoms with Crippen LogP contribution in [-0.2, 0) is 25.7 Å². The number of aliphatic hydroxyl groups is 1. The largest absolute Gasteiger partial charge is 0.392 e. The SMILES string of the molecule is OC(Cc1ccc(F)cc1)Cc1ccc2c(c1)CCC2. The van der Waals surface area contributed by atoms with E-state index in [9.17, 15) is 9.50 Å². The quantitative estimate of drug-likeness (QED) is 0.902. The molecule has 104 valence electrons. The molecule has 20 heavy (non-hydrogen) atoms. The van der Waals surface area contributed by atoms with Crippen LogP contribution in [0.2, 0.25) is 0 Å². The molecule has 1 nitrogen and oxygen atoms in total. The van der Waals surface area contributed by atoms with Crippen molar-refractivity contribution in [3.05, 3.63) is 70.5 Å². The van der Waals surface area contributed by atoms with Gasteiger partial charge in [-0.15, -0.1) is 0 Å². The second-order valence-electron chi connectivity index (χ2n) is 5.65. The molecule has 0 aliphatic heterocycles. The van der Waals surface area contributed by atoms with Crippen LogP contribution in [-0.4, -0.2) is 11.2 Å². The minimum atomic E-state index is -0.417. The van der Waals surface area contributed by atoms with Gasteiger partial charge in [-0.1, -0.05) is 30.3 Å². The predicted octanol–water partition coefficient (Wildman–Crippen LogP) is 3.46. The van der Waals surface area contributed by atoms with Gasteiger partial charge in [0.2, 0.25) is 0 Å². The zero-order valence-corrected chi connectivity index (χ0v) is 11.5. The Kier molecular flexibility index (Phi) is 3.83. The maximum absolute atomic E-state index is 12.8. The van der Waals surface area contributed by atoms with Gasteiger partial charge in [0.15, 0.2) is 0 Å². The summed E-state index contributed by atoms with van der Waals surface area (Å²) in [6.07, 6.45) is 4.41. The number of halogens is 1. The van der Waals surface area contributed by atoms with E-state index in [-0.39, 0.29) is 5.82 Å². The molecule has 0 bridgehead atoms. The molecule has 0 spiro atoms. The van der Waals surface area contributed by atoms with Gasteiger partial charge in [0.1, 0.15) is 5.82 Å². The van der Waals surface area contributed by atoms with Crippen LogP contribution in [0.1, 0.15) is 28.7 Å². The van der Waals surface area contributed by atoms with Crippen molar-refractivity contribution in [1.29, 1.82) is 0 Å². The lowest BCUT2D eigenvalue weighted by Crippen LogP contribution is -2.14. The van der Waals surface area contributed by atoms with Crippen LogP contribution >= 0.6 is 0 Å². The fourth-order valence-corrected chi connectivity index (χ4v) is 2.99. The Balaban J connectivity index is 1.63. The second kappa shape index (κ2) is 5.76. The molecule has 2 heteroatoms. The van der Waals surface area contributed by atoms with Crippen molar-refractivity contribution in [1.82, 2.24) is 0 Å². The number of benzene rings is 2. The first-order valence-electron chi connectivity index (χ1n) is 7.24. The lowest BCUT2D eigenvalue weighted by Gasteiger charge is -2.12. The summed E-state index contributed by atoms with van der Waals surface area (Å²) in [7, 11) is 0. The van der Waals surface area contributed by atoms with E-state index in [4.69, 9.17) is 0 Å². The zero-order valence-electron chi connectivity index (χ0n) is 11.5. The minimum Gasteiger partial charge on any atom is -0.392 e. The lowest BCUT2D eigenvalue weighted by atomic mass is 9.98.